The first-order valence-electron chi connectivity index (χ1n) is 11.2. The molecule has 5 nitrogen and oxygen atoms in total. The van der Waals surface area contributed by atoms with E-state index in [0.29, 0.717) is 17.3 Å². The van der Waals surface area contributed by atoms with Crippen LogP contribution in [0.3, 0.4) is 0 Å². The van der Waals surface area contributed by atoms with Crippen LogP contribution in [-0.4, -0.2) is 36.1 Å². The number of nitriles is 1. The lowest BCUT2D eigenvalue weighted by Crippen LogP contribution is -2.27. The maximum atomic E-state index is 9.85. The number of pyridine rings is 1. The van der Waals surface area contributed by atoms with Crippen molar-refractivity contribution in [3.8, 4) is 28.5 Å². The summed E-state index contributed by atoms with van der Waals surface area (Å²) in [6, 6.07) is 23.2. The van der Waals surface area contributed by atoms with Crippen molar-refractivity contribution in [3.63, 3.8) is 0 Å². The molecule has 5 heteroatoms. The van der Waals surface area contributed by atoms with Crippen LogP contribution in [0.5, 0.6) is 0 Å². The molecule has 0 bridgehead atoms. The van der Waals surface area contributed by atoms with Crippen LogP contribution in [0.2, 0.25) is 0 Å². The van der Waals surface area contributed by atoms with Crippen LogP contribution in [0.15, 0.2) is 71.3 Å². The summed E-state index contributed by atoms with van der Waals surface area (Å²) in [6.07, 6.45) is 5.13. The number of hydrogen-bond acceptors (Lipinski definition) is 5. The van der Waals surface area contributed by atoms with Crippen LogP contribution in [-0.2, 0) is 0 Å². The van der Waals surface area contributed by atoms with E-state index in [0.717, 1.165) is 53.0 Å². The average Bonchev–Trinajstić information content (AvgIpc) is 3.44. The molecule has 0 unspecified atom stereocenters. The van der Waals surface area contributed by atoms with Gasteiger partial charge in [0.2, 0.25) is 5.71 Å². The van der Waals surface area contributed by atoms with Crippen molar-refractivity contribution < 1.29 is 4.42 Å². The van der Waals surface area contributed by atoms with Crippen molar-refractivity contribution in [1.82, 2.24) is 9.88 Å². The van der Waals surface area contributed by atoms with Crippen molar-refractivity contribution in [2.75, 3.05) is 25.5 Å². The van der Waals surface area contributed by atoms with E-state index in [1.807, 2.05) is 48.5 Å². The number of benzene rings is 2. The summed E-state index contributed by atoms with van der Waals surface area (Å²) < 4.78 is 6.31. The molecule has 5 rings (SSSR count). The second-order valence-electron chi connectivity index (χ2n) is 8.37. The number of rotatable bonds is 6. The lowest BCUT2D eigenvalue weighted by molar-refractivity contribution is 0.301. The molecular formula is C27H26N4O. The fourth-order valence-electron chi connectivity index (χ4n) is 4.71. The van der Waals surface area contributed by atoms with Gasteiger partial charge in [-0.15, -0.1) is 0 Å². The van der Waals surface area contributed by atoms with Gasteiger partial charge in [0, 0.05) is 23.7 Å². The topological polar surface area (TPSA) is 65.1 Å². The third-order valence-electron chi connectivity index (χ3n) is 6.39. The third kappa shape index (κ3) is 3.74. The highest BCUT2D eigenvalue weighted by molar-refractivity contribution is 6.08. The van der Waals surface area contributed by atoms with Gasteiger partial charge in [-0.1, -0.05) is 60.7 Å². The highest BCUT2D eigenvalue weighted by atomic mass is 16.3. The van der Waals surface area contributed by atoms with E-state index >= 15 is 0 Å². The zero-order chi connectivity index (χ0) is 21.9. The zero-order valence-corrected chi connectivity index (χ0v) is 18.2. The Balaban J connectivity index is 1.64. The molecule has 0 aliphatic carbocycles. The van der Waals surface area contributed by atoms with Crippen molar-refractivity contribution in [3.05, 3.63) is 72.4 Å². The summed E-state index contributed by atoms with van der Waals surface area (Å²) in [7, 11) is 2.19. The molecule has 2 aromatic heterocycles. The van der Waals surface area contributed by atoms with E-state index in [-0.39, 0.29) is 0 Å². The predicted octanol–water partition coefficient (Wildman–Crippen LogP) is 5.93. The first-order chi connectivity index (χ1) is 15.8. The largest absolute Gasteiger partial charge is 0.437 e. The molecule has 1 saturated heterocycles. The number of nitrogens with zero attached hydrogens (tertiary/aromatic N) is 3. The molecule has 1 N–H and O–H groups in total. The van der Waals surface area contributed by atoms with Crippen LogP contribution in [0.25, 0.3) is 33.6 Å². The number of aromatic nitrogens is 1. The van der Waals surface area contributed by atoms with Gasteiger partial charge in [0.25, 0.3) is 0 Å². The van der Waals surface area contributed by atoms with Crippen LogP contribution in [0.1, 0.15) is 24.8 Å². The molecular weight excluding hydrogens is 396 g/mol. The second kappa shape index (κ2) is 8.86. The first kappa shape index (κ1) is 20.3. The van der Waals surface area contributed by atoms with E-state index in [2.05, 4.69) is 40.5 Å². The smallest absolute Gasteiger partial charge is 0.229 e. The lowest BCUT2D eigenvalue weighted by Gasteiger charge is -2.20. The predicted molar refractivity (Wildman–Crippen MR) is 128 cm³/mol. The minimum atomic E-state index is 0.537. The molecule has 4 aromatic rings. The summed E-state index contributed by atoms with van der Waals surface area (Å²) in [5, 5.41) is 14.3. The Morgan fingerprint density at radius 2 is 1.81 bits per heavy atom. The molecule has 160 valence electrons. The maximum absolute atomic E-state index is 9.85. The number of likely N-dealkylation sites (tertiary alicyclic amines) is 1. The molecule has 0 amide bonds. The monoisotopic (exact) mass is 422 g/mol. The average molecular weight is 423 g/mol. The Hall–Kier alpha value is -3.62. The van der Waals surface area contributed by atoms with Crippen LogP contribution in [0, 0.1) is 11.3 Å². The molecule has 1 aliphatic heterocycles. The number of hydrogen-bond donors (Lipinski definition) is 1. The summed E-state index contributed by atoms with van der Waals surface area (Å²) in [5.74, 6) is 0.771. The molecule has 2 aromatic carbocycles. The van der Waals surface area contributed by atoms with Gasteiger partial charge in [-0.3, -0.25) is 0 Å². The Labute approximate surface area is 188 Å². The van der Waals surface area contributed by atoms with E-state index in [4.69, 9.17) is 4.42 Å². The molecule has 1 aliphatic rings. The zero-order valence-electron chi connectivity index (χ0n) is 18.2. The SMILES string of the molecule is CN1CCC[C@H]1CCNc1c(C#N)cnc2oc(-c3ccccc3)c(-c3ccccc3)c12. The van der Waals surface area contributed by atoms with Gasteiger partial charge in [-0.05, 0) is 38.4 Å². The number of fused-ring (bicyclic) bond motifs is 1. The Bertz CT molecular complexity index is 1260. The van der Waals surface area contributed by atoms with Gasteiger partial charge in [-0.25, -0.2) is 4.98 Å². The van der Waals surface area contributed by atoms with Crippen molar-refractivity contribution in [1.29, 1.82) is 5.26 Å². The molecule has 1 fully saturated rings. The first-order valence-corrected chi connectivity index (χ1v) is 11.2. The second-order valence-corrected chi connectivity index (χ2v) is 8.37. The van der Waals surface area contributed by atoms with E-state index in [1.54, 1.807) is 6.20 Å². The van der Waals surface area contributed by atoms with Gasteiger partial charge >= 0.3 is 0 Å². The van der Waals surface area contributed by atoms with Crippen LogP contribution < -0.4 is 5.32 Å². The molecule has 0 radical (unpaired) electrons. The summed E-state index contributed by atoms with van der Waals surface area (Å²) in [6.45, 7) is 1.96. The van der Waals surface area contributed by atoms with Crippen molar-refractivity contribution in [2.45, 2.75) is 25.3 Å². The van der Waals surface area contributed by atoms with E-state index in [1.165, 1.54) is 12.8 Å². The minimum absolute atomic E-state index is 0.537. The van der Waals surface area contributed by atoms with Gasteiger partial charge in [0.05, 0.1) is 22.8 Å². The quantitative estimate of drug-likeness (QED) is 0.417. The molecule has 0 spiro atoms. The third-order valence-corrected chi connectivity index (χ3v) is 6.39. The fourth-order valence-corrected chi connectivity index (χ4v) is 4.71. The summed E-state index contributed by atoms with van der Waals surface area (Å²) in [4.78, 5) is 6.93. The van der Waals surface area contributed by atoms with Gasteiger partial charge in [0.1, 0.15) is 11.8 Å². The molecule has 3 heterocycles. The molecule has 32 heavy (non-hydrogen) atoms. The Morgan fingerprint density at radius 1 is 1.09 bits per heavy atom. The molecule has 1 atom stereocenters. The number of nitrogens with one attached hydrogen (secondary N) is 1. The van der Waals surface area contributed by atoms with Gasteiger partial charge < -0.3 is 14.6 Å². The number of anilines is 1. The Kier molecular flexibility index (Phi) is 5.62. The van der Waals surface area contributed by atoms with Crippen molar-refractivity contribution in [2.24, 2.45) is 0 Å². The van der Waals surface area contributed by atoms with Crippen LogP contribution >= 0.6 is 0 Å². The normalized spacial score (nSPS) is 16.3. The molecule has 0 saturated carbocycles. The minimum Gasteiger partial charge on any atom is -0.437 e. The summed E-state index contributed by atoms with van der Waals surface area (Å²) >= 11 is 0. The maximum Gasteiger partial charge on any atom is 0.229 e. The number of furan rings is 1. The van der Waals surface area contributed by atoms with Crippen LogP contribution in [0.4, 0.5) is 5.69 Å². The van der Waals surface area contributed by atoms with E-state index in [9.17, 15) is 5.26 Å². The lowest BCUT2D eigenvalue weighted by atomic mass is 9.97. The highest BCUT2D eigenvalue weighted by Gasteiger charge is 2.24. The highest BCUT2D eigenvalue weighted by Crippen LogP contribution is 2.44. The van der Waals surface area contributed by atoms with E-state index < -0.39 is 0 Å². The van der Waals surface area contributed by atoms with Gasteiger partial charge in [-0.2, -0.15) is 5.26 Å². The fraction of sp³-hybridized carbons (Fsp3) is 0.259. The summed E-state index contributed by atoms with van der Waals surface area (Å²) in [5.41, 5.74) is 4.89. The van der Waals surface area contributed by atoms with Gasteiger partial charge in [0.15, 0.2) is 0 Å². The van der Waals surface area contributed by atoms with Crippen molar-refractivity contribution >= 4 is 16.8 Å². The standard InChI is InChI=1S/C27H26N4O/c1-31-16-8-13-22(31)14-15-29-25-21(17-28)18-30-27-24(25)23(19-9-4-2-5-10-19)26(32-27)20-11-6-3-7-12-20/h2-7,9-12,18,22H,8,13-16H2,1H3,(H,29,30)/t22-/m0/s1. The Morgan fingerprint density at radius 3 is 2.47 bits per heavy atom.